The summed E-state index contributed by atoms with van der Waals surface area (Å²) in [4.78, 5) is 27.0. The van der Waals surface area contributed by atoms with Crippen LogP contribution < -0.4 is 0 Å². The van der Waals surface area contributed by atoms with Crippen molar-refractivity contribution in [2.45, 2.75) is 270 Å². The van der Waals surface area contributed by atoms with Crippen LogP contribution in [0.2, 0.25) is 0 Å². The number of aliphatic hydroxyl groups excluding tert-OH is 7. The summed E-state index contributed by atoms with van der Waals surface area (Å²) in [6, 6.07) is 9.23. The first-order chi connectivity index (χ1) is 42.2. The van der Waals surface area contributed by atoms with Crippen molar-refractivity contribution in [1.82, 2.24) is 0 Å². The Morgan fingerprint density at radius 2 is 1.17 bits per heavy atom. The second kappa shape index (κ2) is 27.3. The van der Waals surface area contributed by atoms with E-state index in [4.69, 9.17) is 66.3 Å². The fourth-order valence-electron chi connectivity index (χ4n) is 16.2. The van der Waals surface area contributed by atoms with E-state index in [0.717, 1.165) is 11.1 Å². The zero-order valence-electron chi connectivity index (χ0n) is 52.0. The number of Topliss-reactive ketones (excluding diaryl/α,β-unsaturated/α-hetero) is 1. The molecule has 1 aromatic rings. The molecule has 9 aliphatic rings. The average molecular weight is 1270 g/mol. The number of aliphatic hydroxyl groups is 10. The smallest absolute Gasteiger partial charge is 0.331 e. The number of ether oxygens (including phenoxy) is 14. The summed E-state index contributed by atoms with van der Waals surface area (Å²) in [6.07, 6.45) is -18.2. The molecule has 0 amide bonds. The fourth-order valence-corrected chi connectivity index (χ4v) is 16.2. The van der Waals surface area contributed by atoms with Gasteiger partial charge in [-0.2, -0.15) is 0 Å². The lowest BCUT2D eigenvalue weighted by Crippen LogP contribution is -2.78. The molecule has 10 rings (SSSR count). The zero-order chi connectivity index (χ0) is 64.3. The van der Waals surface area contributed by atoms with Gasteiger partial charge in [0.1, 0.15) is 90.1 Å². The van der Waals surface area contributed by atoms with Crippen molar-refractivity contribution in [3.8, 4) is 0 Å². The highest BCUT2D eigenvalue weighted by molar-refractivity contribution is 5.89. The van der Waals surface area contributed by atoms with Crippen molar-refractivity contribution < 1.29 is 127 Å². The minimum atomic E-state index is -2.07. The Labute approximate surface area is 518 Å². The third kappa shape index (κ3) is 12.6. The number of carbonyl (C=O) groups excluding carboxylic acids is 2. The molecule has 26 nitrogen and oxygen atoms in total. The lowest BCUT2D eigenvalue weighted by molar-refractivity contribution is -0.362. The van der Waals surface area contributed by atoms with Crippen LogP contribution in [0.4, 0.5) is 0 Å². The Morgan fingerprint density at radius 3 is 1.72 bits per heavy atom. The minimum absolute atomic E-state index is 0.0511. The summed E-state index contributed by atoms with van der Waals surface area (Å²) >= 11 is 0. The van der Waals surface area contributed by atoms with Gasteiger partial charge in [-0.05, 0) is 96.6 Å². The molecule has 0 aromatic heterocycles. The van der Waals surface area contributed by atoms with E-state index in [1.54, 1.807) is 34.1 Å². The second-order valence-corrected chi connectivity index (χ2v) is 26.4. The number of methoxy groups -OCH3 is 3. The third-order valence-electron chi connectivity index (χ3n) is 21.6. The molecule has 0 unspecified atom stereocenters. The molecule has 502 valence electrons. The van der Waals surface area contributed by atoms with Crippen LogP contribution in [0.3, 0.4) is 0 Å². The van der Waals surface area contributed by atoms with Crippen molar-refractivity contribution in [2.75, 3.05) is 34.5 Å². The molecule has 1 aromatic carbocycles. The average Bonchev–Trinajstić information content (AvgIpc) is 1.60. The van der Waals surface area contributed by atoms with E-state index < -0.39 is 200 Å². The summed E-state index contributed by atoms with van der Waals surface area (Å²) in [6.45, 7) is 9.11. The van der Waals surface area contributed by atoms with Gasteiger partial charge in [-0.15, -0.1) is 0 Å². The van der Waals surface area contributed by atoms with Gasteiger partial charge in [0.25, 0.3) is 0 Å². The van der Waals surface area contributed by atoms with Crippen molar-refractivity contribution in [2.24, 2.45) is 16.7 Å². The Kier molecular flexibility index (Phi) is 21.1. The maximum Gasteiger partial charge on any atom is 0.331 e. The van der Waals surface area contributed by atoms with Crippen LogP contribution >= 0.6 is 0 Å². The van der Waals surface area contributed by atoms with Gasteiger partial charge < -0.3 is 117 Å². The number of esters is 1. The number of benzene rings is 1. The van der Waals surface area contributed by atoms with E-state index >= 15 is 0 Å². The van der Waals surface area contributed by atoms with E-state index in [-0.39, 0.29) is 44.6 Å². The summed E-state index contributed by atoms with van der Waals surface area (Å²) in [5, 5.41) is 111. The third-order valence-corrected chi connectivity index (χ3v) is 21.6. The number of carbonyl (C=O) groups is 2. The first-order valence-electron chi connectivity index (χ1n) is 31.3. The maximum atomic E-state index is 13.7. The van der Waals surface area contributed by atoms with Crippen LogP contribution in [0, 0.1) is 16.7 Å². The number of ketones is 1. The summed E-state index contributed by atoms with van der Waals surface area (Å²) in [5.74, 6) is -1.89. The van der Waals surface area contributed by atoms with E-state index in [2.05, 4.69) is 6.92 Å². The van der Waals surface area contributed by atoms with Crippen LogP contribution in [0.15, 0.2) is 48.1 Å². The summed E-state index contributed by atoms with van der Waals surface area (Å²) in [7, 11) is 4.63. The molecule has 4 aliphatic carbocycles. The van der Waals surface area contributed by atoms with Gasteiger partial charge in [-0.1, -0.05) is 48.9 Å². The maximum absolute atomic E-state index is 13.7. The predicted octanol–water partition coefficient (Wildman–Crippen LogP) is 0.349. The topological polar surface area (TPSA) is 366 Å². The number of rotatable bonds is 19. The Morgan fingerprint density at radius 1 is 0.640 bits per heavy atom. The van der Waals surface area contributed by atoms with Crippen LogP contribution in [0.5, 0.6) is 0 Å². The first kappa shape index (κ1) is 68.8. The lowest BCUT2D eigenvalue weighted by Gasteiger charge is -2.67. The molecule has 5 heterocycles. The van der Waals surface area contributed by atoms with Crippen LogP contribution in [0.25, 0.3) is 6.08 Å². The number of hydrogen-bond donors (Lipinski definition) is 10. The van der Waals surface area contributed by atoms with Gasteiger partial charge in [0.05, 0.1) is 61.4 Å². The molecular weight excluding hydrogens is 1170 g/mol. The number of hydrogen-bond acceptors (Lipinski definition) is 26. The standard InChI is InChI=1S/C63H94O26/c1-30-54(87-46-25-38(77-8)55(31(2)81-46)88-47-26-39(78-9)56(32(3)82-47)89-58-53(72)51(70)49(68)41(85-58)29-79-57-52(71)50(69)48(67)40(28-64)84-57)37(76-7)24-45(80-30)83-36-18-19-59(5)35(23-36)17-20-62(74)42(59)27-43(86-44(66)16-15-34-13-11-10-12-14-34)60(6)61(73,33(4)65)21-22-63(60,62)75/h10-17,30-32,36-43,45-58,64,67-75H,18-29H2,1-9H3/t30-,31-,32-,36+,37+,38+,39-,40-,41-,42-,43-,45+,46+,47+,48-,49-,50+,51+,52-,53-,54-,55-,56-,57-,58+,59+,60-,61-,62+,63-/m1/s1. The minimum Gasteiger partial charge on any atom is -0.458 e. The Bertz CT molecular complexity index is 2630. The lowest BCUT2D eigenvalue weighted by atomic mass is 9.42. The van der Waals surface area contributed by atoms with Crippen molar-refractivity contribution >= 4 is 17.8 Å². The molecule has 30 atom stereocenters. The van der Waals surface area contributed by atoms with Crippen LogP contribution in [-0.2, 0) is 75.9 Å². The summed E-state index contributed by atoms with van der Waals surface area (Å²) in [5.41, 5.74) is -6.47. The molecular formula is C63H94O26. The summed E-state index contributed by atoms with van der Waals surface area (Å²) < 4.78 is 86.6. The van der Waals surface area contributed by atoms with Crippen molar-refractivity contribution in [1.29, 1.82) is 0 Å². The van der Waals surface area contributed by atoms with E-state index in [1.165, 1.54) is 20.1 Å². The quantitative estimate of drug-likeness (QED) is 0.0507. The molecule has 5 saturated heterocycles. The fraction of sp³-hybridized carbons (Fsp3) is 0.810. The Hall–Kier alpha value is -3.08. The van der Waals surface area contributed by atoms with Gasteiger partial charge >= 0.3 is 5.97 Å². The highest BCUT2D eigenvalue weighted by Crippen LogP contribution is 2.71. The monoisotopic (exact) mass is 1270 g/mol. The van der Waals surface area contributed by atoms with Crippen LogP contribution in [-0.4, -0.2) is 262 Å². The van der Waals surface area contributed by atoms with E-state index in [0.29, 0.717) is 25.7 Å². The van der Waals surface area contributed by atoms with Gasteiger partial charge in [0, 0.05) is 52.6 Å². The second-order valence-electron chi connectivity index (χ2n) is 26.4. The van der Waals surface area contributed by atoms with Gasteiger partial charge in [0.2, 0.25) is 0 Å². The van der Waals surface area contributed by atoms with Crippen molar-refractivity contribution in [3.05, 3.63) is 53.6 Å². The first-order valence-corrected chi connectivity index (χ1v) is 31.3. The largest absolute Gasteiger partial charge is 0.458 e. The molecule has 0 spiro atoms. The Balaban J connectivity index is 0.727. The molecule has 0 radical (unpaired) electrons. The van der Waals surface area contributed by atoms with Gasteiger partial charge in [0.15, 0.2) is 37.2 Å². The predicted molar refractivity (Wildman–Crippen MR) is 306 cm³/mol. The van der Waals surface area contributed by atoms with Crippen molar-refractivity contribution in [3.63, 3.8) is 0 Å². The zero-order valence-corrected chi connectivity index (χ0v) is 52.0. The SMILES string of the molecule is CO[C@H]1C[C@H](O[C@H]2CC[C@@]3(C)C(=CC[C@]4(O)[C@@H]3C[C@@H](OC(=O)C=Cc3ccccc3)[C@@]3(C)[C@]4(O)CC[C@@]3(O)C(C)=O)C2)O[C@H](C)[C@H]1O[C@H]1C[C@H](OC)[C@H](O[C@H]2C[C@@H](OC)[C@H](O[C@@H]3O[C@H](CO[C@@H]4O[C@H](CO)[C@@H](O)[C@H](O)[C@H]4O)[C@@H](O)[C@H](O)[C@H]3O)[C@@H](C)O2)[C@@H](C)O1. The highest BCUT2D eigenvalue weighted by atomic mass is 16.8. The molecule has 8 fully saturated rings. The molecule has 5 aliphatic heterocycles. The molecule has 3 saturated carbocycles. The van der Waals surface area contributed by atoms with Crippen LogP contribution in [0.1, 0.15) is 111 Å². The van der Waals surface area contributed by atoms with Gasteiger partial charge in [-0.3, -0.25) is 4.79 Å². The van der Waals surface area contributed by atoms with Gasteiger partial charge in [-0.25, -0.2) is 4.79 Å². The molecule has 89 heavy (non-hydrogen) atoms. The molecule has 10 N–H and O–H groups in total. The highest BCUT2D eigenvalue weighted by Gasteiger charge is 2.81. The molecule has 26 heteroatoms. The van der Waals surface area contributed by atoms with E-state index in [1.807, 2.05) is 50.3 Å². The number of fused-ring (bicyclic) bond motifs is 5. The molecule has 0 bridgehead atoms. The normalized spacial score (nSPS) is 49.3. The van der Waals surface area contributed by atoms with E-state index in [9.17, 15) is 60.7 Å².